The second-order valence-corrected chi connectivity index (χ2v) is 16.3. The van der Waals surface area contributed by atoms with E-state index in [1.54, 1.807) is 25.3 Å². The highest BCUT2D eigenvalue weighted by Gasteiger charge is 2.31. The molecule has 2 atom stereocenters. The number of esters is 1. The van der Waals surface area contributed by atoms with E-state index in [0.717, 1.165) is 11.1 Å². The predicted molar refractivity (Wildman–Crippen MR) is 221 cm³/mol. The zero-order chi connectivity index (χ0) is 42.3. The number of rotatable bonds is 23. The van der Waals surface area contributed by atoms with Crippen LogP contribution in [-0.2, 0) is 26.7 Å². The predicted octanol–water partition coefficient (Wildman–Crippen LogP) is 6.27. The van der Waals surface area contributed by atoms with E-state index in [1.807, 2.05) is 69.3 Å². The number of para-hydroxylation sites is 1. The minimum atomic E-state index is -4.06. The smallest absolute Gasteiger partial charge is 0.337 e. The largest absolute Gasteiger partial charge is 0.497 e. The van der Waals surface area contributed by atoms with Crippen LogP contribution in [0, 0.1) is 10.1 Å². The summed E-state index contributed by atoms with van der Waals surface area (Å²) in [7, 11) is -1.20. The molecule has 0 spiro atoms. The average Bonchev–Trinajstić information content (AvgIpc) is 3.23. The van der Waals surface area contributed by atoms with Crippen molar-refractivity contribution >= 4 is 27.6 Å². The van der Waals surface area contributed by atoms with E-state index in [9.17, 15) is 33.2 Å². The monoisotopic (exact) mass is 818 g/mol. The fourth-order valence-electron chi connectivity index (χ4n) is 6.40. The summed E-state index contributed by atoms with van der Waals surface area (Å²) in [4.78, 5) is 36.2. The SMILES string of the molecule is CCCN(CCCCCOc1cccc(C[C@H](NC(=O)c2cccc(C(=O)OC)c2)[C@H](O)CNC(C)(C)c2cccc(OC)c2)c1)S(=O)(=O)c1ccccc1[N+](=O)[O-]. The van der Waals surface area contributed by atoms with Crippen molar-refractivity contribution < 1.29 is 42.2 Å². The van der Waals surface area contributed by atoms with E-state index >= 15 is 0 Å². The Morgan fingerprint density at radius 3 is 2.31 bits per heavy atom. The van der Waals surface area contributed by atoms with Gasteiger partial charge in [0.2, 0.25) is 10.0 Å². The molecule has 0 unspecified atom stereocenters. The molecule has 0 saturated carbocycles. The number of hydrogen-bond donors (Lipinski definition) is 3. The number of hydrogen-bond acceptors (Lipinski definition) is 11. The highest BCUT2D eigenvalue weighted by Crippen LogP contribution is 2.27. The number of sulfonamides is 1. The number of nitrogens with zero attached hydrogens (tertiary/aromatic N) is 2. The van der Waals surface area contributed by atoms with Gasteiger partial charge in [-0.05, 0) is 106 Å². The molecule has 0 aliphatic carbocycles. The summed E-state index contributed by atoms with van der Waals surface area (Å²) in [6.07, 6.45) is 1.60. The maximum absolute atomic E-state index is 13.6. The maximum atomic E-state index is 13.6. The Hall–Kier alpha value is -5.35. The van der Waals surface area contributed by atoms with E-state index in [-0.39, 0.29) is 42.1 Å². The first-order valence-electron chi connectivity index (χ1n) is 19.2. The van der Waals surface area contributed by atoms with Gasteiger partial charge in [-0.15, -0.1) is 0 Å². The van der Waals surface area contributed by atoms with Crippen molar-refractivity contribution in [2.24, 2.45) is 0 Å². The van der Waals surface area contributed by atoms with Gasteiger partial charge in [-0.3, -0.25) is 14.9 Å². The summed E-state index contributed by atoms with van der Waals surface area (Å²) in [5.74, 6) is 0.250. The van der Waals surface area contributed by atoms with Crippen LogP contribution in [0.1, 0.15) is 78.3 Å². The number of nitrogens with one attached hydrogen (secondary N) is 2. The average molecular weight is 819 g/mol. The number of methoxy groups -OCH3 is 2. The van der Waals surface area contributed by atoms with Crippen LogP contribution in [0.5, 0.6) is 11.5 Å². The lowest BCUT2D eigenvalue weighted by Gasteiger charge is -2.31. The fourth-order valence-corrected chi connectivity index (χ4v) is 8.12. The van der Waals surface area contributed by atoms with Crippen molar-refractivity contribution in [2.75, 3.05) is 40.5 Å². The molecule has 0 radical (unpaired) electrons. The molecule has 0 saturated heterocycles. The number of carbonyl (C=O) groups excluding carboxylic acids is 2. The summed E-state index contributed by atoms with van der Waals surface area (Å²) >= 11 is 0. The maximum Gasteiger partial charge on any atom is 0.337 e. The molecule has 58 heavy (non-hydrogen) atoms. The third-order valence-electron chi connectivity index (χ3n) is 9.70. The second kappa shape index (κ2) is 21.4. The van der Waals surface area contributed by atoms with Gasteiger partial charge in [0.1, 0.15) is 11.5 Å². The zero-order valence-corrected chi connectivity index (χ0v) is 34.5. The summed E-state index contributed by atoms with van der Waals surface area (Å²) < 4.78 is 44.3. The molecule has 0 aliphatic heterocycles. The molecule has 1 amide bonds. The van der Waals surface area contributed by atoms with Crippen LogP contribution >= 0.6 is 0 Å². The van der Waals surface area contributed by atoms with Crippen LogP contribution < -0.4 is 20.1 Å². The van der Waals surface area contributed by atoms with E-state index < -0.39 is 50.2 Å². The van der Waals surface area contributed by atoms with Crippen molar-refractivity contribution in [3.8, 4) is 11.5 Å². The quantitative estimate of drug-likeness (QED) is 0.0332. The molecule has 0 fully saturated rings. The first kappa shape index (κ1) is 45.4. The minimum Gasteiger partial charge on any atom is -0.497 e. The lowest BCUT2D eigenvalue weighted by molar-refractivity contribution is -0.387. The molecular weight excluding hydrogens is 765 g/mol. The van der Waals surface area contributed by atoms with Crippen LogP contribution in [0.25, 0.3) is 0 Å². The first-order chi connectivity index (χ1) is 27.7. The van der Waals surface area contributed by atoms with Crippen molar-refractivity contribution in [1.29, 1.82) is 0 Å². The number of carbonyl (C=O) groups is 2. The van der Waals surface area contributed by atoms with Gasteiger partial charge in [0.25, 0.3) is 11.6 Å². The van der Waals surface area contributed by atoms with Gasteiger partial charge in [0, 0.05) is 36.8 Å². The lowest BCUT2D eigenvalue weighted by Crippen LogP contribution is -2.51. The van der Waals surface area contributed by atoms with Gasteiger partial charge in [0.05, 0.1) is 43.5 Å². The molecule has 312 valence electrons. The molecule has 15 heteroatoms. The number of amides is 1. The van der Waals surface area contributed by atoms with E-state index in [4.69, 9.17) is 14.2 Å². The van der Waals surface area contributed by atoms with Gasteiger partial charge in [-0.1, -0.05) is 49.4 Å². The van der Waals surface area contributed by atoms with Crippen LogP contribution in [0.3, 0.4) is 0 Å². The number of unbranched alkanes of at least 4 members (excludes halogenated alkanes) is 2. The second-order valence-electron chi connectivity index (χ2n) is 14.3. The highest BCUT2D eigenvalue weighted by molar-refractivity contribution is 7.89. The Bertz CT molecular complexity index is 2110. The van der Waals surface area contributed by atoms with Gasteiger partial charge in [-0.25, -0.2) is 13.2 Å². The first-order valence-corrected chi connectivity index (χ1v) is 20.7. The van der Waals surface area contributed by atoms with E-state index in [1.165, 1.54) is 41.7 Å². The van der Waals surface area contributed by atoms with Crippen molar-refractivity contribution in [3.05, 3.63) is 129 Å². The third-order valence-corrected chi connectivity index (χ3v) is 11.6. The lowest BCUT2D eigenvalue weighted by atomic mass is 9.93. The zero-order valence-electron chi connectivity index (χ0n) is 33.7. The fraction of sp³-hybridized carbons (Fsp3) is 0.395. The summed E-state index contributed by atoms with van der Waals surface area (Å²) in [6.45, 7) is 6.78. The minimum absolute atomic E-state index is 0.132. The molecule has 3 N–H and O–H groups in total. The number of ether oxygens (including phenoxy) is 3. The summed E-state index contributed by atoms with van der Waals surface area (Å²) in [5.41, 5.74) is 1.20. The van der Waals surface area contributed by atoms with E-state index in [2.05, 4.69) is 10.6 Å². The molecule has 0 aliphatic rings. The molecule has 0 heterocycles. The Morgan fingerprint density at radius 1 is 0.879 bits per heavy atom. The van der Waals surface area contributed by atoms with E-state index in [0.29, 0.717) is 43.8 Å². The Kier molecular flexibility index (Phi) is 16.7. The molecule has 4 aromatic rings. The number of aliphatic hydroxyl groups excluding tert-OH is 1. The van der Waals surface area contributed by atoms with Crippen molar-refractivity contribution in [3.63, 3.8) is 0 Å². The number of aliphatic hydroxyl groups is 1. The Labute approximate surface area is 340 Å². The third kappa shape index (κ3) is 12.6. The number of benzene rings is 4. The summed E-state index contributed by atoms with van der Waals surface area (Å²) in [6, 6.07) is 25.8. The van der Waals surface area contributed by atoms with Gasteiger partial charge < -0.3 is 30.0 Å². The van der Waals surface area contributed by atoms with Gasteiger partial charge in [-0.2, -0.15) is 4.31 Å². The standard InChI is InChI=1S/C43H54N4O10S/c1-6-23-46(58(53,54)40-22-9-8-21-38(40)47(51)52)24-10-7-11-25-57-36-20-12-15-31(26-36)27-37(45-41(49)32-16-13-17-33(28-32)42(50)56-5)39(48)30-44-43(2,3)34-18-14-19-35(29-34)55-4/h8-9,12-22,26,28-29,37,39,44,48H,6-7,10-11,23-25,27,30H2,1-5H3,(H,45,49)/t37-,39+/m0/s1. The molecule has 4 aromatic carbocycles. The Balaban J connectivity index is 1.40. The van der Waals surface area contributed by atoms with Crippen molar-refractivity contribution in [1.82, 2.24) is 14.9 Å². The van der Waals surface area contributed by atoms with Crippen LogP contribution in [0.4, 0.5) is 5.69 Å². The molecule has 0 aromatic heterocycles. The van der Waals surface area contributed by atoms with Crippen LogP contribution in [0.2, 0.25) is 0 Å². The highest BCUT2D eigenvalue weighted by atomic mass is 32.2. The van der Waals surface area contributed by atoms with Gasteiger partial charge >= 0.3 is 5.97 Å². The van der Waals surface area contributed by atoms with Crippen molar-refractivity contribution in [2.45, 2.75) is 75.5 Å². The normalized spacial score (nSPS) is 12.7. The molecular formula is C43H54N4O10S. The van der Waals surface area contributed by atoms with Gasteiger partial charge in [0.15, 0.2) is 4.90 Å². The van der Waals surface area contributed by atoms with Crippen LogP contribution in [0.15, 0.2) is 102 Å². The Morgan fingerprint density at radius 2 is 1.59 bits per heavy atom. The molecule has 4 rings (SSSR count). The number of nitro groups is 1. The number of nitro benzene ring substituents is 1. The molecule has 14 nitrogen and oxygen atoms in total. The van der Waals surface area contributed by atoms with Crippen LogP contribution in [-0.4, -0.2) is 87.2 Å². The molecule has 0 bridgehead atoms. The topological polar surface area (TPSA) is 187 Å². The summed E-state index contributed by atoms with van der Waals surface area (Å²) in [5, 5.41) is 29.5.